The van der Waals surface area contributed by atoms with E-state index in [0.717, 1.165) is 34.3 Å². The van der Waals surface area contributed by atoms with Crippen molar-refractivity contribution in [1.29, 1.82) is 0 Å². The van der Waals surface area contributed by atoms with Crippen LogP contribution in [0.3, 0.4) is 0 Å². The first kappa shape index (κ1) is 15.9. The van der Waals surface area contributed by atoms with Crippen molar-refractivity contribution in [3.63, 3.8) is 0 Å². The number of fused-ring (bicyclic) bond motifs is 3. The van der Waals surface area contributed by atoms with Crippen molar-refractivity contribution >= 4 is 33.3 Å². The number of nitrogens with zero attached hydrogens (tertiary/aromatic N) is 6. The minimum absolute atomic E-state index is 0.709. The molecule has 0 spiro atoms. The summed E-state index contributed by atoms with van der Waals surface area (Å²) in [6.07, 6.45) is 5.11. The molecule has 8 heteroatoms. The molecule has 0 aliphatic heterocycles. The molecule has 0 N–H and O–H groups in total. The van der Waals surface area contributed by atoms with Gasteiger partial charge in [-0.2, -0.15) is 4.68 Å². The molecule has 5 rings (SSSR count). The van der Waals surface area contributed by atoms with E-state index in [0.29, 0.717) is 5.16 Å². The number of hydrogen-bond acceptors (Lipinski definition) is 7. The summed E-state index contributed by atoms with van der Waals surface area (Å²) in [6, 6.07) is 9.91. The number of para-hydroxylation sites is 1. The van der Waals surface area contributed by atoms with Crippen LogP contribution in [-0.2, 0) is 12.8 Å². The highest BCUT2D eigenvalue weighted by Gasteiger charge is 2.24. The lowest BCUT2D eigenvalue weighted by molar-refractivity contribution is 0.509. The van der Waals surface area contributed by atoms with Crippen LogP contribution in [0.2, 0.25) is 0 Å². The van der Waals surface area contributed by atoms with E-state index in [9.17, 15) is 0 Å². The second kappa shape index (κ2) is 6.44. The van der Waals surface area contributed by atoms with Crippen molar-refractivity contribution in [3.05, 3.63) is 47.1 Å². The molecule has 1 aromatic carbocycles. The fourth-order valence-electron chi connectivity index (χ4n) is 3.38. The molecule has 0 radical (unpaired) electrons. The summed E-state index contributed by atoms with van der Waals surface area (Å²) >= 11 is 3.31. The van der Waals surface area contributed by atoms with Crippen molar-refractivity contribution in [3.8, 4) is 5.69 Å². The van der Waals surface area contributed by atoms with Gasteiger partial charge in [-0.3, -0.25) is 0 Å². The molecule has 4 aromatic rings. The number of benzene rings is 1. The van der Waals surface area contributed by atoms with Crippen molar-refractivity contribution in [2.45, 2.75) is 36.4 Å². The summed E-state index contributed by atoms with van der Waals surface area (Å²) in [4.78, 5) is 11.6. The highest BCUT2D eigenvalue weighted by atomic mass is 32.2. The zero-order valence-corrected chi connectivity index (χ0v) is 15.8. The van der Waals surface area contributed by atoms with Crippen molar-refractivity contribution in [1.82, 2.24) is 30.2 Å². The third-order valence-electron chi connectivity index (χ3n) is 4.69. The Hall–Kier alpha value is -2.32. The van der Waals surface area contributed by atoms with Crippen molar-refractivity contribution in [2.24, 2.45) is 5.92 Å². The zero-order valence-electron chi connectivity index (χ0n) is 14.2. The molecule has 130 valence electrons. The molecule has 6 nitrogen and oxygen atoms in total. The van der Waals surface area contributed by atoms with Gasteiger partial charge in [0, 0.05) is 10.3 Å². The maximum absolute atomic E-state index is 4.57. The SMILES string of the molecule is C[C@@H]1CCc2c(sc3ncnc(Sc4nnnn4-c4ccccc4)c23)C1. The Morgan fingerprint density at radius 1 is 1.19 bits per heavy atom. The number of tetrazole rings is 1. The van der Waals surface area contributed by atoms with Gasteiger partial charge in [0.05, 0.1) is 5.69 Å². The number of hydrogen-bond donors (Lipinski definition) is 0. The van der Waals surface area contributed by atoms with E-state index in [-0.39, 0.29) is 0 Å². The molecule has 0 amide bonds. The lowest BCUT2D eigenvalue weighted by Gasteiger charge is -2.18. The van der Waals surface area contributed by atoms with Gasteiger partial charge in [0.25, 0.3) is 0 Å². The summed E-state index contributed by atoms with van der Waals surface area (Å²) in [6.45, 7) is 2.32. The quantitative estimate of drug-likeness (QED) is 0.501. The van der Waals surface area contributed by atoms with Gasteiger partial charge in [0.2, 0.25) is 5.16 Å². The summed E-state index contributed by atoms with van der Waals surface area (Å²) < 4.78 is 1.75. The van der Waals surface area contributed by atoms with Gasteiger partial charge in [-0.25, -0.2) is 9.97 Å². The molecule has 1 aliphatic carbocycles. The molecule has 1 aliphatic rings. The Bertz CT molecular complexity index is 1070. The highest BCUT2D eigenvalue weighted by molar-refractivity contribution is 7.99. The van der Waals surface area contributed by atoms with E-state index >= 15 is 0 Å². The lowest BCUT2D eigenvalue weighted by Crippen LogP contribution is -2.08. The smallest absolute Gasteiger partial charge is 0.220 e. The lowest BCUT2D eigenvalue weighted by atomic mass is 9.89. The van der Waals surface area contributed by atoms with Gasteiger partial charge in [-0.05, 0) is 65.1 Å². The molecular formula is C18H16N6S2. The molecule has 26 heavy (non-hydrogen) atoms. The van der Waals surface area contributed by atoms with Crippen LogP contribution in [0.1, 0.15) is 23.8 Å². The van der Waals surface area contributed by atoms with E-state index in [1.54, 1.807) is 11.0 Å². The third kappa shape index (κ3) is 2.69. The Balaban J connectivity index is 1.59. The van der Waals surface area contributed by atoms with E-state index < -0.39 is 0 Å². The van der Waals surface area contributed by atoms with Crippen LogP contribution in [0, 0.1) is 5.92 Å². The minimum atomic E-state index is 0.709. The second-order valence-electron chi connectivity index (χ2n) is 6.52. The molecule has 0 saturated heterocycles. The number of rotatable bonds is 3. The number of aromatic nitrogens is 6. The minimum Gasteiger partial charge on any atom is -0.229 e. The molecular weight excluding hydrogens is 364 g/mol. The van der Waals surface area contributed by atoms with Gasteiger partial charge in [0.15, 0.2) is 0 Å². The fourth-order valence-corrected chi connectivity index (χ4v) is 5.70. The number of aryl methyl sites for hydroxylation is 1. The predicted octanol–water partition coefficient (Wildman–Crippen LogP) is 3.94. The fraction of sp³-hybridized carbons (Fsp3) is 0.278. The Morgan fingerprint density at radius 3 is 2.96 bits per heavy atom. The summed E-state index contributed by atoms with van der Waals surface area (Å²) in [5, 5.41) is 15.0. The largest absolute Gasteiger partial charge is 0.229 e. The van der Waals surface area contributed by atoms with Crippen LogP contribution in [0.25, 0.3) is 15.9 Å². The predicted molar refractivity (Wildman–Crippen MR) is 102 cm³/mol. The van der Waals surface area contributed by atoms with Crippen LogP contribution in [0.15, 0.2) is 46.8 Å². The molecule has 0 unspecified atom stereocenters. The highest BCUT2D eigenvalue weighted by Crippen LogP contribution is 2.41. The average molecular weight is 381 g/mol. The van der Waals surface area contributed by atoms with E-state index in [1.807, 2.05) is 41.7 Å². The summed E-state index contributed by atoms with van der Waals surface area (Å²) in [7, 11) is 0. The zero-order chi connectivity index (χ0) is 17.5. The molecule has 3 heterocycles. The van der Waals surface area contributed by atoms with Gasteiger partial charge < -0.3 is 0 Å². The van der Waals surface area contributed by atoms with Gasteiger partial charge in [-0.15, -0.1) is 16.4 Å². The summed E-state index contributed by atoms with van der Waals surface area (Å²) in [5.41, 5.74) is 2.36. The first-order valence-corrected chi connectivity index (χ1v) is 10.2. The van der Waals surface area contributed by atoms with Crippen molar-refractivity contribution in [2.75, 3.05) is 0 Å². The monoisotopic (exact) mass is 380 g/mol. The normalized spacial score (nSPS) is 16.7. The van der Waals surface area contributed by atoms with E-state index in [2.05, 4.69) is 32.4 Å². The molecule has 0 fully saturated rings. The second-order valence-corrected chi connectivity index (χ2v) is 8.56. The van der Waals surface area contributed by atoms with Gasteiger partial charge >= 0.3 is 0 Å². The van der Waals surface area contributed by atoms with E-state index in [4.69, 9.17) is 0 Å². The van der Waals surface area contributed by atoms with Crippen LogP contribution in [0.5, 0.6) is 0 Å². The topological polar surface area (TPSA) is 69.4 Å². The standard InChI is InChI=1S/C18H16N6S2/c1-11-7-8-13-14(9-11)25-16-15(13)17(20-10-19-16)26-18-21-22-23-24(18)12-5-3-2-4-6-12/h2-6,10-11H,7-9H2,1H3/t11-/m1/s1. The van der Waals surface area contributed by atoms with Crippen molar-refractivity contribution < 1.29 is 0 Å². The van der Waals surface area contributed by atoms with Crippen LogP contribution in [-0.4, -0.2) is 30.2 Å². The molecule has 1 atom stereocenters. The van der Waals surface area contributed by atoms with Gasteiger partial charge in [-0.1, -0.05) is 25.1 Å². The maximum atomic E-state index is 4.57. The van der Waals surface area contributed by atoms with E-state index in [1.165, 1.54) is 34.0 Å². The first-order valence-electron chi connectivity index (χ1n) is 8.56. The Kier molecular flexibility index (Phi) is 3.94. The molecule has 0 saturated carbocycles. The van der Waals surface area contributed by atoms with Crippen LogP contribution in [0.4, 0.5) is 0 Å². The Morgan fingerprint density at radius 2 is 2.08 bits per heavy atom. The van der Waals surface area contributed by atoms with Gasteiger partial charge in [0.1, 0.15) is 16.2 Å². The summed E-state index contributed by atoms with van der Waals surface area (Å²) in [5.74, 6) is 0.741. The van der Waals surface area contributed by atoms with Crippen LogP contribution >= 0.6 is 23.1 Å². The van der Waals surface area contributed by atoms with Crippen LogP contribution < -0.4 is 0 Å². The number of thiophene rings is 1. The first-order chi connectivity index (χ1) is 12.8. The third-order valence-corrected chi connectivity index (χ3v) is 6.79. The molecule has 3 aromatic heterocycles. The average Bonchev–Trinajstić information content (AvgIpc) is 3.26. The maximum Gasteiger partial charge on any atom is 0.220 e. The molecule has 0 bridgehead atoms. The Labute approximate surface area is 158 Å².